The van der Waals surface area contributed by atoms with Crippen LogP contribution < -0.4 is 10.3 Å². The van der Waals surface area contributed by atoms with Gasteiger partial charge in [0.2, 0.25) is 5.56 Å². The molecule has 0 aliphatic rings. The number of fused-ring (bicyclic) bond motifs is 1. The number of nitrogens with one attached hydrogen (secondary N) is 1. The topological polar surface area (TPSA) is 68.4 Å². The summed E-state index contributed by atoms with van der Waals surface area (Å²) in [6.07, 6.45) is 0. The Labute approximate surface area is 116 Å². The van der Waals surface area contributed by atoms with E-state index in [2.05, 4.69) is 4.98 Å². The molecule has 0 bridgehead atoms. The summed E-state index contributed by atoms with van der Waals surface area (Å²) in [6, 6.07) is 8.51. The average Bonchev–Trinajstić information content (AvgIpc) is 2.42. The smallest absolute Gasteiger partial charge is 0.344 e. The molecular formula is C15H17NO4. The Balaban J connectivity index is 2.08. The minimum absolute atomic E-state index is 0.178. The quantitative estimate of drug-likeness (QED) is 0.848. The molecule has 5 nitrogen and oxygen atoms in total. The standard InChI is InChI=1S/C15H17NO4/c1-10(2)8-20-14(18)9-19-12-5-3-4-11-6-7-13(17)16-15(11)12/h3-7,10H,8-9H2,1-2H3,(H,16,17). The number of aromatic amines is 1. The van der Waals surface area contributed by atoms with E-state index in [4.69, 9.17) is 9.47 Å². The zero-order valence-corrected chi connectivity index (χ0v) is 11.5. The van der Waals surface area contributed by atoms with Gasteiger partial charge in [0.15, 0.2) is 6.61 Å². The predicted octanol–water partition coefficient (Wildman–Crippen LogP) is 2.11. The van der Waals surface area contributed by atoms with Gasteiger partial charge in [0.1, 0.15) is 5.75 Å². The first kappa shape index (κ1) is 14.1. The molecule has 1 N–H and O–H groups in total. The van der Waals surface area contributed by atoms with Crippen molar-refractivity contribution in [2.75, 3.05) is 13.2 Å². The number of hydrogen-bond acceptors (Lipinski definition) is 4. The van der Waals surface area contributed by atoms with Gasteiger partial charge in [0, 0.05) is 11.5 Å². The maximum atomic E-state index is 11.5. The second-order valence-corrected chi connectivity index (χ2v) is 4.91. The van der Waals surface area contributed by atoms with Crippen LogP contribution in [0.25, 0.3) is 10.9 Å². The second kappa shape index (κ2) is 6.23. The highest BCUT2D eigenvalue weighted by molar-refractivity contribution is 5.84. The van der Waals surface area contributed by atoms with Crippen LogP contribution >= 0.6 is 0 Å². The van der Waals surface area contributed by atoms with Crippen LogP contribution in [0.5, 0.6) is 5.75 Å². The Kier molecular flexibility index (Phi) is 4.40. The Morgan fingerprint density at radius 1 is 1.25 bits per heavy atom. The number of pyridine rings is 1. The Morgan fingerprint density at radius 2 is 2.05 bits per heavy atom. The molecule has 0 saturated heterocycles. The van der Waals surface area contributed by atoms with Gasteiger partial charge in [-0.15, -0.1) is 0 Å². The third-order valence-electron chi connectivity index (χ3n) is 2.64. The number of rotatable bonds is 5. The zero-order valence-electron chi connectivity index (χ0n) is 11.5. The summed E-state index contributed by atoms with van der Waals surface area (Å²) in [5, 5.41) is 0.845. The van der Waals surface area contributed by atoms with Crippen LogP contribution in [0.15, 0.2) is 35.1 Å². The van der Waals surface area contributed by atoms with Crippen LogP contribution in [-0.2, 0) is 9.53 Å². The fraction of sp³-hybridized carbons (Fsp3) is 0.333. The van der Waals surface area contributed by atoms with Crippen molar-refractivity contribution in [1.29, 1.82) is 0 Å². The molecule has 0 radical (unpaired) electrons. The van der Waals surface area contributed by atoms with Crippen molar-refractivity contribution in [3.05, 3.63) is 40.7 Å². The summed E-state index contributed by atoms with van der Waals surface area (Å²) < 4.78 is 10.4. The molecule has 0 fully saturated rings. The lowest BCUT2D eigenvalue weighted by Crippen LogP contribution is -2.17. The molecular weight excluding hydrogens is 258 g/mol. The zero-order chi connectivity index (χ0) is 14.5. The van der Waals surface area contributed by atoms with E-state index < -0.39 is 5.97 Å². The first-order chi connectivity index (χ1) is 9.56. The van der Waals surface area contributed by atoms with E-state index in [9.17, 15) is 9.59 Å². The highest BCUT2D eigenvalue weighted by Gasteiger charge is 2.08. The van der Waals surface area contributed by atoms with E-state index in [0.29, 0.717) is 17.9 Å². The van der Waals surface area contributed by atoms with Crippen molar-refractivity contribution < 1.29 is 14.3 Å². The maximum absolute atomic E-state index is 11.5. The van der Waals surface area contributed by atoms with Crippen molar-refractivity contribution in [3.63, 3.8) is 0 Å². The lowest BCUT2D eigenvalue weighted by atomic mass is 10.2. The third kappa shape index (κ3) is 3.60. The predicted molar refractivity (Wildman–Crippen MR) is 75.9 cm³/mol. The number of hydrogen-bond donors (Lipinski definition) is 1. The van der Waals surface area contributed by atoms with Gasteiger partial charge in [0.25, 0.3) is 0 Å². The minimum atomic E-state index is -0.422. The van der Waals surface area contributed by atoms with E-state index in [1.54, 1.807) is 18.2 Å². The number of ether oxygens (including phenoxy) is 2. The Hall–Kier alpha value is -2.30. The molecule has 0 amide bonds. The second-order valence-electron chi connectivity index (χ2n) is 4.91. The van der Waals surface area contributed by atoms with Gasteiger partial charge in [-0.1, -0.05) is 26.0 Å². The Bertz CT molecular complexity index is 660. The minimum Gasteiger partial charge on any atom is -0.480 e. The molecule has 0 aliphatic heterocycles. The third-order valence-corrected chi connectivity index (χ3v) is 2.64. The molecule has 20 heavy (non-hydrogen) atoms. The van der Waals surface area contributed by atoms with Gasteiger partial charge in [0.05, 0.1) is 12.1 Å². The largest absolute Gasteiger partial charge is 0.480 e. The normalized spacial score (nSPS) is 10.8. The van der Waals surface area contributed by atoms with Gasteiger partial charge in [-0.05, 0) is 18.1 Å². The van der Waals surface area contributed by atoms with Crippen LogP contribution in [0.4, 0.5) is 0 Å². The molecule has 2 rings (SSSR count). The van der Waals surface area contributed by atoms with E-state index in [1.165, 1.54) is 6.07 Å². The van der Waals surface area contributed by atoms with Gasteiger partial charge in [-0.3, -0.25) is 4.79 Å². The number of carbonyl (C=O) groups is 1. The molecule has 5 heteroatoms. The van der Waals surface area contributed by atoms with Gasteiger partial charge < -0.3 is 14.5 Å². The number of benzene rings is 1. The monoisotopic (exact) mass is 275 g/mol. The molecule has 0 atom stereocenters. The molecule has 106 valence electrons. The van der Waals surface area contributed by atoms with Gasteiger partial charge in [-0.2, -0.15) is 0 Å². The van der Waals surface area contributed by atoms with Gasteiger partial charge >= 0.3 is 5.97 Å². The molecule has 0 saturated carbocycles. The average molecular weight is 275 g/mol. The molecule has 1 aromatic carbocycles. The van der Waals surface area contributed by atoms with Crippen LogP contribution in [0.2, 0.25) is 0 Å². The molecule has 0 spiro atoms. The van der Waals surface area contributed by atoms with Crippen LogP contribution in [-0.4, -0.2) is 24.2 Å². The summed E-state index contributed by atoms with van der Waals surface area (Å²) in [5.74, 6) is 0.323. The van der Waals surface area contributed by atoms with Crippen molar-refractivity contribution in [2.24, 2.45) is 5.92 Å². The summed E-state index contributed by atoms with van der Waals surface area (Å²) in [6.45, 7) is 4.12. The van der Waals surface area contributed by atoms with E-state index in [-0.39, 0.29) is 18.1 Å². The van der Waals surface area contributed by atoms with E-state index in [1.807, 2.05) is 19.9 Å². The highest BCUT2D eigenvalue weighted by atomic mass is 16.6. The lowest BCUT2D eigenvalue weighted by molar-refractivity contribution is -0.147. The summed E-state index contributed by atoms with van der Waals surface area (Å²) in [5.41, 5.74) is 0.368. The Morgan fingerprint density at radius 3 is 2.80 bits per heavy atom. The van der Waals surface area contributed by atoms with E-state index in [0.717, 1.165) is 5.39 Å². The molecule has 0 unspecified atom stereocenters. The van der Waals surface area contributed by atoms with E-state index >= 15 is 0 Å². The number of aromatic nitrogens is 1. The van der Waals surface area contributed by atoms with Crippen molar-refractivity contribution in [3.8, 4) is 5.75 Å². The van der Waals surface area contributed by atoms with Crippen LogP contribution in [0.1, 0.15) is 13.8 Å². The highest BCUT2D eigenvalue weighted by Crippen LogP contribution is 2.21. The summed E-state index contributed by atoms with van der Waals surface area (Å²) in [7, 11) is 0. The molecule has 1 heterocycles. The fourth-order valence-corrected chi connectivity index (χ4v) is 1.71. The molecule has 0 aliphatic carbocycles. The fourth-order valence-electron chi connectivity index (χ4n) is 1.71. The van der Waals surface area contributed by atoms with Crippen molar-refractivity contribution >= 4 is 16.9 Å². The number of carbonyl (C=O) groups excluding carboxylic acids is 1. The maximum Gasteiger partial charge on any atom is 0.344 e. The summed E-state index contributed by atoms with van der Waals surface area (Å²) in [4.78, 5) is 25.6. The molecule has 2 aromatic rings. The summed E-state index contributed by atoms with van der Waals surface area (Å²) >= 11 is 0. The first-order valence-corrected chi connectivity index (χ1v) is 6.47. The van der Waals surface area contributed by atoms with Crippen molar-refractivity contribution in [1.82, 2.24) is 4.98 Å². The molecule has 1 aromatic heterocycles. The number of para-hydroxylation sites is 1. The lowest BCUT2D eigenvalue weighted by Gasteiger charge is -2.10. The van der Waals surface area contributed by atoms with Crippen LogP contribution in [0, 0.1) is 5.92 Å². The van der Waals surface area contributed by atoms with Crippen LogP contribution in [0.3, 0.4) is 0 Å². The van der Waals surface area contributed by atoms with Gasteiger partial charge in [-0.25, -0.2) is 4.79 Å². The number of H-pyrrole nitrogens is 1. The van der Waals surface area contributed by atoms with Crippen molar-refractivity contribution in [2.45, 2.75) is 13.8 Å². The first-order valence-electron chi connectivity index (χ1n) is 6.47. The SMILES string of the molecule is CC(C)COC(=O)COc1cccc2ccc(=O)[nH]c12. The number of esters is 1.